The number of nitrogens with one attached hydrogen (secondary N) is 1. The van der Waals surface area contributed by atoms with Crippen molar-refractivity contribution in [3.05, 3.63) is 23.8 Å². The molecule has 1 unspecified atom stereocenters. The van der Waals surface area contributed by atoms with Crippen molar-refractivity contribution >= 4 is 11.6 Å². The molecule has 1 aliphatic heterocycles. The van der Waals surface area contributed by atoms with Crippen LogP contribution in [0.5, 0.6) is 5.75 Å². The molecule has 1 aromatic rings. The quantitative estimate of drug-likeness (QED) is 0.780. The molecule has 0 fully saturated rings. The second-order valence-electron chi connectivity index (χ2n) is 5.19. The predicted octanol–water partition coefficient (Wildman–Crippen LogP) is 4.59. The second-order valence-corrected chi connectivity index (χ2v) is 5.19. The summed E-state index contributed by atoms with van der Waals surface area (Å²) in [6.45, 7) is 2.10. The lowest BCUT2D eigenvalue weighted by atomic mass is 9.94. The summed E-state index contributed by atoms with van der Waals surface area (Å²) in [5.41, 5.74) is 1.17. The van der Waals surface area contributed by atoms with Crippen molar-refractivity contribution in [1.29, 1.82) is 0 Å². The third kappa shape index (κ3) is 4.12. The number of unbranched alkanes of at least 4 members (excludes halogenated alkanes) is 3. The van der Waals surface area contributed by atoms with Crippen LogP contribution in [0.4, 0.5) is 18.9 Å². The molecule has 3 nitrogen and oxygen atoms in total. The van der Waals surface area contributed by atoms with Gasteiger partial charge in [-0.2, -0.15) is 0 Å². The Bertz CT molecular complexity index is 514. The van der Waals surface area contributed by atoms with E-state index >= 15 is 0 Å². The minimum absolute atomic E-state index is 0.148. The topological polar surface area (TPSA) is 38.3 Å². The van der Waals surface area contributed by atoms with Crippen molar-refractivity contribution in [3.8, 4) is 5.75 Å². The van der Waals surface area contributed by atoms with Gasteiger partial charge in [0, 0.05) is 5.69 Å². The molecule has 0 aromatic heterocycles. The van der Waals surface area contributed by atoms with Gasteiger partial charge < -0.3 is 10.1 Å². The fraction of sp³-hybridized carbons (Fsp3) is 0.533. The molecule has 0 radical (unpaired) electrons. The number of carbonyl (C=O) groups excluding carboxylic acids is 1. The smallest absolute Gasteiger partial charge is 0.406 e. The van der Waals surface area contributed by atoms with Crippen LogP contribution in [-0.2, 0) is 4.79 Å². The van der Waals surface area contributed by atoms with Gasteiger partial charge in [0.2, 0.25) is 5.91 Å². The third-order valence-electron chi connectivity index (χ3n) is 3.55. The van der Waals surface area contributed by atoms with Crippen LogP contribution in [0.15, 0.2) is 18.2 Å². The van der Waals surface area contributed by atoms with Crippen LogP contribution in [-0.4, -0.2) is 12.3 Å². The highest BCUT2D eigenvalue weighted by Crippen LogP contribution is 2.39. The molecule has 6 heteroatoms. The summed E-state index contributed by atoms with van der Waals surface area (Å²) in [5, 5.41) is 2.70. The van der Waals surface area contributed by atoms with E-state index in [0.29, 0.717) is 17.7 Å². The Hall–Kier alpha value is -1.72. The number of alkyl halides is 3. The van der Waals surface area contributed by atoms with E-state index in [2.05, 4.69) is 17.0 Å². The van der Waals surface area contributed by atoms with E-state index in [-0.39, 0.29) is 17.6 Å². The molecule has 0 saturated carbocycles. The van der Waals surface area contributed by atoms with Crippen LogP contribution >= 0.6 is 0 Å². The molecular formula is C15H18F3NO2. The highest BCUT2D eigenvalue weighted by Gasteiger charge is 2.34. The van der Waals surface area contributed by atoms with Gasteiger partial charge in [-0.25, -0.2) is 0 Å². The van der Waals surface area contributed by atoms with E-state index in [9.17, 15) is 18.0 Å². The van der Waals surface area contributed by atoms with Crippen LogP contribution in [0.1, 0.15) is 50.5 Å². The highest BCUT2D eigenvalue weighted by atomic mass is 19.4. The predicted molar refractivity (Wildman–Crippen MR) is 73.3 cm³/mol. The maximum atomic E-state index is 12.2. The Morgan fingerprint density at radius 2 is 2.00 bits per heavy atom. The number of halogens is 3. The first-order chi connectivity index (χ1) is 9.90. The third-order valence-corrected chi connectivity index (χ3v) is 3.55. The molecule has 1 heterocycles. The van der Waals surface area contributed by atoms with Gasteiger partial charge in [-0.05, 0) is 30.2 Å². The van der Waals surface area contributed by atoms with E-state index in [1.807, 2.05) is 0 Å². The Labute approximate surface area is 121 Å². The normalized spacial score (nSPS) is 17.5. The van der Waals surface area contributed by atoms with Crippen LogP contribution in [0.3, 0.4) is 0 Å². The molecule has 116 valence electrons. The number of hydrogen-bond acceptors (Lipinski definition) is 2. The van der Waals surface area contributed by atoms with Crippen molar-refractivity contribution < 1.29 is 22.7 Å². The first-order valence-electron chi connectivity index (χ1n) is 7.11. The number of fused-ring (bicyclic) bond motifs is 1. The Balaban J connectivity index is 2.09. The summed E-state index contributed by atoms with van der Waals surface area (Å²) in [5.74, 6) is -0.810. The minimum atomic E-state index is -4.72. The van der Waals surface area contributed by atoms with Crippen molar-refractivity contribution in [2.75, 3.05) is 5.32 Å². The molecule has 1 amide bonds. The van der Waals surface area contributed by atoms with E-state index in [1.165, 1.54) is 18.2 Å². The molecule has 1 aromatic carbocycles. The minimum Gasteiger partial charge on any atom is -0.406 e. The van der Waals surface area contributed by atoms with Gasteiger partial charge in [0.1, 0.15) is 5.75 Å². The lowest BCUT2D eigenvalue weighted by Gasteiger charge is -2.12. The van der Waals surface area contributed by atoms with Gasteiger partial charge in [0.25, 0.3) is 0 Å². The number of amides is 1. The number of hydrogen-bond donors (Lipinski definition) is 1. The Kier molecular flexibility index (Phi) is 4.75. The van der Waals surface area contributed by atoms with Crippen LogP contribution in [0.2, 0.25) is 0 Å². The Morgan fingerprint density at radius 3 is 2.67 bits per heavy atom. The molecule has 1 N–H and O–H groups in total. The first kappa shape index (κ1) is 15.7. The summed E-state index contributed by atoms with van der Waals surface area (Å²) in [6.07, 6.45) is 0.0225. The van der Waals surface area contributed by atoms with Crippen molar-refractivity contribution in [3.63, 3.8) is 0 Å². The molecule has 1 aliphatic rings. The summed E-state index contributed by atoms with van der Waals surface area (Å²) in [6, 6.07) is 3.98. The molecule has 21 heavy (non-hydrogen) atoms. The van der Waals surface area contributed by atoms with Gasteiger partial charge >= 0.3 is 6.36 Å². The van der Waals surface area contributed by atoms with Crippen LogP contribution < -0.4 is 10.1 Å². The summed E-state index contributed by atoms with van der Waals surface area (Å²) in [7, 11) is 0. The first-order valence-corrected chi connectivity index (χ1v) is 7.11. The average Bonchev–Trinajstić information content (AvgIpc) is 2.69. The van der Waals surface area contributed by atoms with Gasteiger partial charge in [-0.15, -0.1) is 13.2 Å². The van der Waals surface area contributed by atoms with Crippen molar-refractivity contribution in [2.45, 2.75) is 51.3 Å². The summed E-state index contributed by atoms with van der Waals surface area (Å²) >= 11 is 0. The summed E-state index contributed by atoms with van der Waals surface area (Å²) in [4.78, 5) is 11.9. The number of rotatable bonds is 6. The zero-order valence-electron chi connectivity index (χ0n) is 11.8. The van der Waals surface area contributed by atoms with Gasteiger partial charge in [-0.3, -0.25) is 4.79 Å². The molecular weight excluding hydrogens is 283 g/mol. The molecule has 0 bridgehead atoms. The maximum absolute atomic E-state index is 12.2. The van der Waals surface area contributed by atoms with Crippen LogP contribution in [0.25, 0.3) is 0 Å². The second kappa shape index (κ2) is 6.37. The standard InChI is InChI=1S/C15H18F3NO2/c1-2-3-4-5-6-11-12-9-10(21-15(16,17)18)7-8-13(12)19-14(11)20/h7-9,11H,2-6H2,1H3,(H,19,20). The average molecular weight is 301 g/mol. The number of carbonyl (C=O) groups is 1. The fourth-order valence-corrected chi connectivity index (χ4v) is 2.56. The van der Waals surface area contributed by atoms with Gasteiger partial charge in [0.15, 0.2) is 0 Å². The molecule has 0 aliphatic carbocycles. The van der Waals surface area contributed by atoms with E-state index in [0.717, 1.165) is 25.7 Å². The zero-order chi connectivity index (χ0) is 15.5. The van der Waals surface area contributed by atoms with Crippen molar-refractivity contribution in [1.82, 2.24) is 0 Å². The van der Waals surface area contributed by atoms with E-state index in [4.69, 9.17) is 0 Å². The maximum Gasteiger partial charge on any atom is 0.573 e. The molecule has 1 atom stereocenters. The van der Waals surface area contributed by atoms with Gasteiger partial charge in [0.05, 0.1) is 5.92 Å². The zero-order valence-corrected chi connectivity index (χ0v) is 11.8. The van der Waals surface area contributed by atoms with E-state index < -0.39 is 6.36 Å². The number of anilines is 1. The summed E-state index contributed by atoms with van der Waals surface area (Å²) < 4.78 is 40.7. The lowest BCUT2D eigenvalue weighted by molar-refractivity contribution is -0.274. The number of ether oxygens (including phenoxy) is 1. The van der Waals surface area contributed by atoms with Crippen molar-refractivity contribution in [2.24, 2.45) is 0 Å². The van der Waals surface area contributed by atoms with Crippen LogP contribution in [0, 0.1) is 0 Å². The number of benzene rings is 1. The fourth-order valence-electron chi connectivity index (χ4n) is 2.56. The molecule has 0 spiro atoms. The van der Waals surface area contributed by atoms with E-state index in [1.54, 1.807) is 0 Å². The Morgan fingerprint density at radius 1 is 1.24 bits per heavy atom. The largest absolute Gasteiger partial charge is 0.573 e. The monoisotopic (exact) mass is 301 g/mol. The van der Waals surface area contributed by atoms with Gasteiger partial charge in [-0.1, -0.05) is 32.6 Å². The highest BCUT2D eigenvalue weighted by molar-refractivity contribution is 6.03. The lowest BCUT2D eigenvalue weighted by Crippen LogP contribution is -2.17. The SMILES string of the molecule is CCCCCCC1C(=O)Nc2ccc(OC(F)(F)F)cc21. The molecule has 0 saturated heterocycles. The molecule has 2 rings (SSSR count).